The van der Waals surface area contributed by atoms with Gasteiger partial charge in [-0.2, -0.15) is 0 Å². The van der Waals surface area contributed by atoms with Gasteiger partial charge >= 0.3 is 0 Å². The molecule has 1 amide bonds. The number of amides is 1. The Morgan fingerprint density at radius 2 is 2.00 bits per heavy atom. The first-order chi connectivity index (χ1) is 7.56. The lowest BCUT2D eigenvalue weighted by Crippen LogP contribution is -2.39. The maximum Gasteiger partial charge on any atom is 0.252 e. The summed E-state index contributed by atoms with van der Waals surface area (Å²) in [4.78, 5) is 12.0. The third-order valence-corrected chi connectivity index (χ3v) is 3.80. The van der Waals surface area contributed by atoms with Gasteiger partial charge in [-0.25, -0.2) is 0 Å². The standard InChI is InChI=1S/C12H15Br2NO/c1-8(2)11(7-13)15-12(16)9-5-3-4-6-10(9)14/h3-6,8,11H,7H2,1-2H3,(H,15,16). The Labute approximate surface area is 113 Å². The second kappa shape index (κ2) is 6.40. The summed E-state index contributed by atoms with van der Waals surface area (Å²) in [6.07, 6.45) is 0. The number of halogens is 2. The van der Waals surface area contributed by atoms with E-state index in [0.717, 1.165) is 9.80 Å². The fourth-order valence-electron chi connectivity index (χ4n) is 1.27. The van der Waals surface area contributed by atoms with Gasteiger partial charge in [-0.15, -0.1) is 0 Å². The first kappa shape index (κ1) is 13.7. The summed E-state index contributed by atoms with van der Waals surface area (Å²) in [5, 5.41) is 3.77. The zero-order valence-corrected chi connectivity index (χ0v) is 12.5. The largest absolute Gasteiger partial charge is 0.348 e. The average molecular weight is 349 g/mol. The lowest BCUT2D eigenvalue weighted by Gasteiger charge is -2.20. The predicted octanol–water partition coefficient (Wildman–Crippen LogP) is 3.60. The molecule has 0 aliphatic carbocycles. The summed E-state index contributed by atoms with van der Waals surface area (Å²) >= 11 is 6.78. The van der Waals surface area contributed by atoms with Gasteiger partial charge in [0, 0.05) is 15.8 Å². The Morgan fingerprint density at radius 3 is 2.50 bits per heavy atom. The van der Waals surface area contributed by atoms with Crippen LogP contribution < -0.4 is 5.32 Å². The molecule has 0 bridgehead atoms. The summed E-state index contributed by atoms with van der Waals surface area (Å²) in [6, 6.07) is 7.58. The van der Waals surface area contributed by atoms with E-state index in [9.17, 15) is 4.79 Å². The van der Waals surface area contributed by atoms with E-state index in [0.29, 0.717) is 11.5 Å². The monoisotopic (exact) mass is 347 g/mol. The average Bonchev–Trinajstić information content (AvgIpc) is 2.25. The maximum atomic E-state index is 12.0. The van der Waals surface area contributed by atoms with Gasteiger partial charge in [0.1, 0.15) is 0 Å². The lowest BCUT2D eigenvalue weighted by atomic mass is 10.1. The highest BCUT2D eigenvalue weighted by molar-refractivity contribution is 9.10. The molecular formula is C12H15Br2NO. The summed E-state index contributed by atoms with van der Waals surface area (Å²) in [6.45, 7) is 4.18. The topological polar surface area (TPSA) is 29.1 Å². The van der Waals surface area contributed by atoms with E-state index in [4.69, 9.17) is 0 Å². The van der Waals surface area contributed by atoms with Crippen molar-refractivity contribution in [2.24, 2.45) is 5.92 Å². The first-order valence-corrected chi connectivity index (χ1v) is 7.09. The second-order valence-corrected chi connectivity index (χ2v) is 5.46. The molecule has 16 heavy (non-hydrogen) atoms. The van der Waals surface area contributed by atoms with Gasteiger partial charge < -0.3 is 5.32 Å². The molecule has 0 spiro atoms. The Bertz CT molecular complexity index is 366. The molecule has 0 aliphatic rings. The van der Waals surface area contributed by atoms with Crippen molar-refractivity contribution in [3.05, 3.63) is 34.3 Å². The number of carbonyl (C=O) groups excluding carboxylic acids is 1. The zero-order chi connectivity index (χ0) is 12.1. The van der Waals surface area contributed by atoms with Crippen molar-refractivity contribution in [2.75, 3.05) is 5.33 Å². The SMILES string of the molecule is CC(C)C(CBr)NC(=O)c1ccccc1Br. The van der Waals surface area contributed by atoms with Crippen LogP contribution in [0.1, 0.15) is 24.2 Å². The summed E-state index contributed by atoms with van der Waals surface area (Å²) in [5.41, 5.74) is 0.675. The fraction of sp³-hybridized carbons (Fsp3) is 0.417. The van der Waals surface area contributed by atoms with Crippen molar-refractivity contribution in [1.29, 1.82) is 0 Å². The molecule has 1 unspecified atom stereocenters. The minimum absolute atomic E-state index is 0.0365. The zero-order valence-electron chi connectivity index (χ0n) is 9.34. The number of rotatable bonds is 4. The summed E-state index contributed by atoms with van der Waals surface area (Å²) in [7, 11) is 0. The van der Waals surface area contributed by atoms with Gasteiger partial charge in [-0.05, 0) is 34.0 Å². The number of hydrogen-bond donors (Lipinski definition) is 1. The van der Waals surface area contributed by atoms with Crippen LogP contribution in [0.2, 0.25) is 0 Å². The van der Waals surface area contributed by atoms with Gasteiger partial charge in [-0.1, -0.05) is 41.9 Å². The van der Waals surface area contributed by atoms with Crippen LogP contribution >= 0.6 is 31.9 Å². The molecule has 0 saturated carbocycles. The molecule has 0 saturated heterocycles. The third-order valence-electron chi connectivity index (χ3n) is 2.41. The smallest absolute Gasteiger partial charge is 0.252 e. The molecule has 0 radical (unpaired) electrons. The van der Waals surface area contributed by atoms with Crippen LogP contribution in [-0.2, 0) is 0 Å². The molecular weight excluding hydrogens is 334 g/mol. The molecule has 2 nitrogen and oxygen atoms in total. The van der Waals surface area contributed by atoms with Crippen LogP contribution in [-0.4, -0.2) is 17.3 Å². The Kier molecular flexibility index (Phi) is 5.49. The van der Waals surface area contributed by atoms with E-state index in [1.165, 1.54) is 0 Å². The highest BCUT2D eigenvalue weighted by Gasteiger charge is 2.16. The van der Waals surface area contributed by atoms with E-state index < -0.39 is 0 Å². The maximum absolute atomic E-state index is 12.0. The third kappa shape index (κ3) is 3.59. The minimum Gasteiger partial charge on any atom is -0.348 e. The first-order valence-electron chi connectivity index (χ1n) is 5.17. The van der Waals surface area contributed by atoms with Crippen molar-refractivity contribution in [3.63, 3.8) is 0 Å². The molecule has 1 aromatic rings. The number of hydrogen-bond acceptors (Lipinski definition) is 1. The van der Waals surface area contributed by atoms with Crippen molar-refractivity contribution in [3.8, 4) is 0 Å². The number of nitrogens with one attached hydrogen (secondary N) is 1. The number of alkyl halides is 1. The van der Waals surface area contributed by atoms with Gasteiger partial charge in [0.25, 0.3) is 5.91 Å². The van der Waals surface area contributed by atoms with Crippen molar-refractivity contribution < 1.29 is 4.79 Å². The number of carbonyl (C=O) groups is 1. The molecule has 1 atom stereocenters. The van der Waals surface area contributed by atoms with E-state index in [-0.39, 0.29) is 11.9 Å². The van der Waals surface area contributed by atoms with Crippen LogP contribution in [0.25, 0.3) is 0 Å². The molecule has 4 heteroatoms. The second-order valence-electron chi connectivity index (χ2n) is 3.96. The minimum atomic E-state index is -0.0365. The molecule has 1 rings (SSSR count). The molecule has 1 aromatic carbocycles. The number of benzene rings is 1. The van der Waals surface area contributed by atoms with Crippen LogP contribution in [0.5, 0.6) is 0 Å². The van der Waals surface area contributed by atoms with Gasteiger partial charge in [0.05, 0.1) is 5.56 Å². The van der Waals surface area contributed by atoms with Crippen LogP contribution in [0.4, 0.5) is 0 Å². The molecule has 0 aromatic heterocycles. The van der Waals surface area contributed by atoms with Crippen molar-refractivity contribution in [2.45, 2.75) is 19.9 Å². The van der Waals surface area contributed by atoms with Gasteiger partial charge in [0.2, 0.25) is 0 Å². The van der Waals surface area contributed by atoms with Crippen LogP contribution in [0.3, 0.4) is 0 Å². The lowest BCUT2D eigenvalue weighted by molar-refractivity contribution is 0.0931. The quantitative estimate of drug-likeness (QED) is 0.827. The Hall–Kier alpha value is -0.350. The molecule has 0 heterocycles. The normalized spacial score (nSPS) is 12.6. The highest BCUT2D eigenvalue weighted by Crippen LogP contribution is 2.16. The molecule has 0 fully saturated rings. The van der Waals surface area contributed by atoms with Gasteiger partial charge in [0.15, 0.2) is 0 Å². The van der Waals surface area contributed by atoms with E-state index in [2.05, 4.69) is 51.0 Å². The summed E-state index contributed by atoms with van der Waals surface area (Å²) in [5.74, 6) is 0.372. The molecule has 0 aliphatic heterocycles. The van der Waals surface area contributed by atoms with E-state index in [1.807, 2.05) is 24.3 Å². The Balaban J connectivity index is 2.76. The van der Waals surface area contributed by atoms with Crippen molar-refractivity contribution >= 4 is 37.8 Å². The van der Waals surface area contributed by atoms with Crippen LogP contribution in [0, 0.1) is 5.92 Å². The van der Waals surface area contributed by atoms with Crippen LogP contribution in [0.15, 0.2) is 28.7 Å². The fourth-order valence-corrected chi connectivity index (χ4v) is 2.65. The highest BCUT2D eigenvalue weighted by atomic mass is 79.9. The summed E-state index contributed by atoms with van der Waals surface area (Å²) < 4.78 is 0.824. The van der Waals surface area contributed by atoms with E-state index >= 15 is 0 Å². The molecule has 1 N–H and O–H groups in total. The molecule has 88 valence electrons. The van der Waals surface area contributed by atoms with Crippen molar-refractivity contribution in [1.82, 2.24) is 5.32 Å². The van der Waals surface area contributed by atoms with Gasteiger partial charge in [-0.3, -0.25) is 4.79 Å². The predicted molar refractivity (Wildman–Crippen MR) is 74.0 cm³/mol. The Morgan fingerprint density at radius 1 is 1.38 bits per heavy atom. The van der Waals surface area contributed by atoms with E-state index in [1.54, 1.807) is 0 Å².